The number of hydrogen-bond acceptors (Lipinski definition) is 3. The number of anilines is 1. The number of carbonyl (C=O) groups is 2. The van der Waals surface area contributed by atoms with Gasteiger partial charge in [0.2, 0.25) is 0 Å². The lowest BCUT2D eigenvalue weighted by molar-refractivity contribution is -0.120. The third-order valence-electron chi connectivity index (χ3n) is 3.91. The molecule has 0 bridgehead atoms. The normalized spacial score (nSPS) is 10.5. The van der Waals surface area contributed by atoms with Gasteiger partial charge in [-0.05, 0) is 29.8 Å². The Kier molecular flexibility index (Phi) is 6.65. The first-order valence-corrected chi connectivity index (χ1v) is 9.47. The number of carbonyl (C=O) groups excluding carboxylic acids is 2. The van der Waals surface area contributed by atoms with Crippen LogP contribution in [-0.2, 0) is 4.79 Å². The molecule has 0 aliphatic rings. The highest BCUT2D eigenvalue weighted by atomic mass is 35.5. The first-order chi connectivity index (χ1) is 13.8. The van der Waals surface area contributed by atoms with Crippen LogP contribution >= 0.6 is 46.4 Å². The molecule has 3 aromatic rings. The van der Waals surface area contributed by atoms with Crippen LogP contribution in [0.25, 0.3) is 11.1 Å². The third-order valence-corrected chi connectivity index (χ3v) is 5.26. The highest BCUT2D eigenvalue weighted by molar-refractivity contribution is 6.42. The minimum absolute atomic E-state index is 0.0498. The number of halogens is 5. The summed E-state index contributed by atoms with van der Waals surface area (Å²) in [6.07, 6.45) is 0. The Morgan fingerprint density at radius 1 is 0.931 bits per heavy atom. The molecule has 3 rings (SSSR count). The van der Waals surface area contributed by atoms with E-state index < -0.39 is 11.7 Å². The Labute approximate surface area is 185 Å². The number of amides is 1. The van der Waals surface area contributed by atoms with Crippen LogP contribution < -0.4 is 10.1 Å². The van der Waals surface area contributed by atoms with Gasteiger partial charge in [0.25, 0.3) is 12.4 Å². The fraction of sp³-hybridized carbons (Fsp3) is 0. The van der Waals surface area contributed by atoms with E-state index in [0.717, 1.165) is 0 Å². The van der Waals surface area contributed by atoms with Crippen molar-refractivity contribution in [2.75, 3.05) is 5.32 Å². The van der Waals surface area contributed by atoms with Gasteiger partial charge < -0.3 is 10.1 Å². The van der Waals surface area contributed by atoms with Gasteiger partial charge in [0.1, 0.15) is 11.6 Å². The summed E-state index contributed by atoms with van der Waals surface area (Å²) >= 11 is 24.1. The van der Waals surface area contributed by atoms with Crippen molar-refractivity contribution in [3.8, 4) is 16.9 Å². The van der Waals surface area contributed by atoms with Crippen molar-refractivity contribution in [1.82, 2.24) is 0 Å². The van der Waals surface area contributed by atoms with Crippen LogP contribution in [0.15, 0.2) is 48.5 Å². The van der Waals surface area contributed by atoms with E-state index in [-0.39, 0.29) is 38.5 Å². The molecule has 0 spiro atoms. The zero-order valence-electron chi connectivity index (χ0n) is 14.3. The summed E-state index contributed by atoms with van der Waals surface area (Å²) in [6, 6.07) is 11.9. The van der Waals surface area contributed by atoms with E-state index >= 15 is 0 Å². The molecular weight excluding hydrogens is 463 g/mol. The molecule has 0 heterocycles. The molecule has 9 heteroatoms. The third kappa shape index (κ3) is 4.65. The van der Waals surface area contributed by atoms with Crippen LogP contribution in [0.2, 0.25) is 20.1 Å². The summed E-state index contributed by atoms with van der Waals surface area (Å²) in [5.41, 5.74) is 0.641. The lowest BCUT2D eigenvalue weighted by Gasteiger charge is -2.13. The van der Waals surface area contributed by atoms with Gasteiger partial charge in [0.15, 0.2) is 0 Å². The molecule has 0 saturated carbocycles. The zero-order valence-corrected chi connectivity index (χ0v) is 17.3. The van der Waals surface area contributed by atoms with Gasteiger partial charge in [-0.1, -0.05) is 64.6 Å². The molecule has 0 aromatic heterocycles. The van der Waals surface area contributed by atoms with E-state index in [2.05, 4.69) is 5.32 Å². The van der Waals surface area contributed by atoms with Crippen LogP contribution in [0, 0.1) is 5.82 Å². The second-order valence-corrected chi connectivity index (χ2v) is 7.35. The molecule has 3 aromatic carbocycles. The van der Waals surface area contributed by atoms with Gasteiger partial charge >= 0.3 is 0 Å². The van der Waals surface area contributed by atoms with Crippen LogP contribution in [-0.4, -0.2) is 12.4 Å². The number of nitrogens with one attached hydrogen (secondary N) is 1. The van der Waals surface area contributed by atoms with Crippen molar-refractivity contribution in [2.24, 2.45) is 0 Å². The summed E-state index contributed by atoms with van der Waals surface area (Å²) in [5, 5.41) is 2.86. The molecule has 0 fully saturated rings. The van der Waals surface area contributed by atoms with E-state index in [1.54, 1.807) is 24.3 Å². The topological polar surface area (TPSA) is 55.4 Å². The molecule has 148 valence electrons. The average molecular weight is 473 g/mol. The maximum Gasteiger partial charge on any atom is 0.298 e. The maximum atomic E-state index is 14.7. The monoisotopic (exact) mass is 471 g/mol. The lowest BCUT2D eigenvalue weighted by Crippen LogP contribution is -2.15. The zero-order chi connectivity index (χ0) is 21.1. The lowest BCUT2D eigenvalue weighted by atomic mass is 10.0. The Hall–Kier alpha value is -2.31. The summed E-state index contributed by atoms with van der Waals surface area (Å²) in [7, 11) is 0. The van der Waals surface area contributed by atoms with Gasteiger partial charge in [-0.3, -0.25) is 9.59 Å². The van der Waals surface area contributed by atoms with Crippen LogP contribution in [0.5, 0.6) is 5.75 Å². The van der Waals surface area contributed by atoms with E-state index in [9.17, 15) is 14.0 Å². The largest absolute Gasteiger partial charge is 0.428 e. The van der Waals surface area contributed by atoms with Crippen molar-refractivity contribution < 1.29 is 18.7 Å². The minimum atomic E-state index is -0.799. The fourth-order valence-electron chi connectivity index (χ4n) is 2.58. The molecule has 1 N–H and O–H groups in total. The molecule has 29 heavy (non-hydrogen) atoms. The Balaban J connectivity index is 1.97. The highest BCUT2D eigenvalue weighted by Crippen LogP contribution is 2.36. The van der Waals surface area contributed by atoms with Crippen molar-refractivity contribution in [3.05, 3.63) is 80.0 Å². The highest BCUT2D eigenvalue weighted by Gasteiger charge is 2.20. The second-order valence-electron chi connectivity index (χ2n) is 5.73. The van der Waals surface area contributed by atoms with Crippen molar-refractivity contribution >= 4 is 64.5 Å². The smallest absolute Gasteiger partial charge is 0.298 e. The summed E-state index contributed by atoms with van der Waals surface area (Å²) < 4.78 is 19.5. The predicted octanol–water partition coefficient (Wildman–Crippen LogP) is 6.89. The minimum Gasteiger partial charge on any atom is -0.428 e. The van der Waals surface area contributed by atoms with Crippen molar-refractivity contribution in [1.29, 1.82) is 0 Å². The van der Waals surface area contributed by atoms with Gasteiger partial charge in [0, 0.05) is 16.7 Å². The molecule has 0 radical (unpaired) electrons. The van der Waals surface area contributed by atoms with Crippen LogP contribution in [0.4, 0.5) is 10.1 Å². The van der Waals surface area contributed by atoms with Gasteiger partial charge in [-0.15, -0.1) is 0 Å². The molecule has 0 atom stereocenters. The first-order valence-electron chi connectivity index (χ1n) is 7.96. The molecule has 1 amide bonds. The molecular formula is C20H10Cl4FNO3. The standard InChI is InChI=1S/C20H10Cl4FNO3/c21-13-4-2-1-3-11(13)10-5-16(24)19(17(25)6-10)26-20(28)12-7-14(22)15(23)8-18(12)29-9-27/h1-9H,(H,26,28). The van der Waals surface area contributed by atoms with Crippen LogP contribution in [0.3, 0.4) is 0 Å². The number of hydrogen-bond donors (Lipinski definition) is 1. The van der Waals surface area contributed by atoms with Gasteiger partial charge in [0.05, 0.1) is 26.3 Å². The first kappa shape index (κ1) is 21.4. The SMILES string of the molecule is O=COc1cc(Cl)c(Cl)cc1C(=O)Nc1c(F)cc(-c2ccccc2Cl)cc1Cl. The van der Waals surface area contributed by atoms with Crippen molar-refractivity contribution in [3.63, 3.8) is 0 Å². The summed E-state index contributed by atoms with van der Waals surface area (Å²) in [4.78, 5) is 23.3. The van der Waals surface area contributed by atoms with E-state index in [1.807, 2.05) is 0 Å². The van der Waals surface area contributed by atoms with Gasteiger partial charge in [-0.2, -0.15) is 0 Å². The molecule has 0 unspecified atom stereocenters. The Bertz CT molecular complexity index is 1100. The second kappa shape index (κ2) is 9.01. The van der Waals surface area contributed by atoms with E-state index in [0.29, 0.717) is 16.1 Å². The number of ether oxygens (including phenoxy) is 1. The van der Waals surface area contributed by atoms with Crippen LogP contribution in [0.1, 0.15) is 10.4 Å². The Morgan fingerprint density at radius 3 is 2.28 bits per heavy atom. The maximum absolute atomic E-state index is 14.7. The van der Waals surface area contributed by atoms with Gasteiger partial charge in [-0.25, -0.2) is 4.39 Å². The number of rotatable bonds is 5. The Morgan fingerprint density at radius 2 is 1.62 bits per heavy atom. The molecule has 0 aliphatic heterocycles. The quantitative estimate of drug-likeness (QED) is 0.411. The van der Waals surface area contributed by atoms with E-state index in [1.165, 1.54) is 24.3 Å². The van der Waals surface area contributed by atoms with E-state index in [4.69, 9.17) is 51.1 Å². The molecule has 0 aliphatic carbocycles. The van der Waals surface area contributed by atoms with Crippen molar-refractivity contribution in [2.45, 2.75) is 0 Å². The predicted molar refractivity (Wildman–Crippen MR) is 113 cm³/mol. The molecule has 4 nitrogen and oxygen atoms in total. The number of benzene rings is 3. The average Bonchev–Trinajstić information content (AvgIpc) is 2.67. The molecule has 0 saturated heterocycles. The summed E-state index contributed by atoms with van der Waals surface area (Å²) in [6.45, 7) is 0.127. The fourth-order valence-corrected chi connectivity index (χ4v) is 3.40. The summed E-state index contributed by atoms with van der Waals surface area (Å²) in [5.74, 6) is -1.72.